The number of aromatic nitrogens is 2. The Labute approximate surface area is 237 Å². The molecule has 4 rings (SSSR count). The zero-order valence-corrected chi connectivity index (χ0v) is 25.7. The van der Waals surface area contributed by atoms with E-state index in [1.54, 1.807) is 6.08 Å². The first-order valence-electron chi connectivity index (χ1n) is 13.4. The summed E-state index contributed by atoms with van der Waals surface area (Å²) in [6, 6.07) is 6.33. The van der Waals surface area contributed by atoms with Crippen molar-refractivity contribution in [1.82, 2.24) is 14.9 Å². The Morgan fingerprint density at radius 2 is 1.88 bits per heavy atom. The number of carbonyl (C=O) groups is 1. The van der Waals surface area contributed by atoms with Crippen molar-refractivity contribution in [3.63, 3.8) is 0 Å². The Morgan fingerprint density at radius 3 is 2.50 bits per heavy atom. The number of hydrogen-bond acceptors (Lipinski definition) is 10. The van der Waals surface area contributed by atoms with Gasteiger partial charge < -0.3 is 34.1 Å². The van der Waals surface area contributed by atoms with Gasteiger partial charge in [-0.25, -0.2) is 4.99 Å². The molecule has 1 amide bonds. The fourth-order valence-corrected chi connectivity index (χ4v) is 5.62. The number of benzene rings is 1. The minimum Gasteiger partial charge on any atom is -0.479 e. The molecule has 2 aliphatic rings. The predicted octanol–water partition coefficient (Wildman–Crippen LogP) is 2.82. The molecule has 40 heavy (non-hydrogen) atoms. The molecule has 0 saturated carbocycles. The third kappa shape index (κ3) is 6.98. The normalized spacial score (nSPS) is 17.4. The molecule has 12 heteroatoms. The predicted molar refractivity (Wildman–Crippen MR) is 159 cm³/mol. The third-order valence-corrected chi connectivity index (χ3v) is 8.72. The molecule has 1 N–H and O–H groups in total. The van der Waals surface area contributed by atoms with E-state index < -0.39 is 14.0 Å². The standard InChI is InChI=1S/C28H40N6O5Si/c1-18-9-10-20(40(6,7)8)15-22(18)39-23-12-11-21(29-23)25(35)30-24-26(36-4)31-28(32-27(24)37-5)34-13-14-38-19(17-34)16-33(2)3/h9-11,15,19H,12-14,16-17H2,1-8H3,(H,30,35). The first-order valence-corrected chi connectivity index (χ1v) is 16.9. The fraction of sp³-hybridized carbons (Fsp3) is 0.500. The van der Waals surface area contributed by atoms with E-state index in [2.05, 4.69) is 63.0 Å². The van der Waals surface area contributed by atoms with Crippen molar-refractivity contribution in [3.8, 4) is 17.5 Å². The van der Waals surface area contributed by atoms with Crippen LogP contribution in [0.4, 0.5) is 11.6 Å². The molecule has 216 valence electrons. The van der Waals surface area contributed by atoms with E-state index in [4.69, 9.17) is 18.9 Å². The van der Waals surface area contributed by atoms with Crippen LogP contribution in [0.2, 0.25) is 19.6 Å². The largest absolute Gasteiger partial charge is 0.479 e. The lowest BCUT2D eigenvalue weighted by Gasteiger charge is -2.34. The van der Waals surface area contributed by atoms with Gasteiger partial charge in [0.25, 0.3) is 5.91 Å². The molecule has 0 bridgehead atoms. The lowest BCUT2D eigenvalue weighted by Crippen LogP contribution is -2.47. The van der Waals surface area contributed by atoms with Crippen molar-refractivity contribution in [2.24, 2.45) is 4.99 Å². The number of hydrogen-bond donors (Lipinski definition) is 1. The topological polar surface area (TPSA) is 111 Å². The number of aliphatic imine (C=N–C) groups is 1. The highest BCUT2D eigenvalue weighted by molar-refractivity contribution is 6.88. The molecular formula is C28H40N6O5Si. The minimum absolute atomic E-state index is 0.0223. The van der Waals surface area contributed by atoms with Crippen molar-refractivity contribution in [1.29, 1.82) is 0 Å². The van der Waals surface area contributed by atoms with Crippen molar-refractivity contribution >= 4 is 36.7 Å². The maximum atomic E-state index is 13.2. The average Bonchev–Trinajstić information content (AvgIpc) is 3.37. The summed E-state index contributed by atoms with van der Waals surface area (Å²) in [7, 11) is 5.49. The Morgan fingerprint density at radius 1 is 1.18 bits per heavy atom. The lowest BCUT2D eigenvalue weighted by molar-refractivity contribution is -0.112. The van der Waals surface area contributed by atoms with Gasteiger partial charge in [-0.2, -0.15) is 9.97 Å². The molecule has 11 nitrogen and oxygen atoms in total. The van der Waals surface area contributed by atoms with Crippen molar-refractivity contribution in [2.45, 2.75) is 39.1 Å². The van der Waals surface area contributed by atoms with E-state index in [-0.39, 0.29) is 29.2 Å². The maximum Gasteiger partial charge on any atom is 0.274 e. The van der Waals surface area contributed by atoms with Crippen LogP contribution in [0.15, 0.2) is 35.0 Å². The van der Waals surface area contributed by atoms with E-state index in [1.807, 2.05) is 25.9 Å². The molecule has 1 saturated heterocycles. The summed E-state index contributed by atoms with van der Waals surface area (Å²) < 4.78 is 23.1. The van der Waals surface area contributed by atoms with Gasteiger partial charge >= 0.3 is 0 Å². The van der Waals surface area contributed by atoms with Gasteiger partial charge in [-0.3, -0.25) is 4.79 Å². The molecule has 2 aromatic rings. The number of morpholine rings is 1. The number of aryl methyl sites for hydroxylation is 1. The SMILES string of the molecule is COc1nc(N2CCOC(CN(C)C)C2)nc(OC)c1NC(=O)C1=CCC(Oc2cc([Si](C)(C)C)ccc2C)=N1. The molecule has 3 heterocycles. The highest BCUT2D eigenvalue weighted by Gasteiger charge is 2.28. The van der Waals surface area contributed by atoms with Gasteiger partial charge in [0, 0.05) is 26.1 Å². The van der Waals surface area contributed by atoms with Crippen molar-refractivity contribution < 1.29 is 23.7 Å². The Hall–Kier alpha value is -3.48. The molecule has 0 radical (unpaired) electrons. The number of methoxy groups -OCH3 is 2. The zero-order chi connectivity index (χ0) is 29.0. The van der Waals surface area contributed by atoms with Gasteiger partial charge in [0.15, 0.2) is 11.6 Å². The molecule has 1 fully saturated rings. The highest BCUT2D eigenvalue weighted by Crippen LogP contribution is 2.34. The second kappa shape index (κ2) is 12.4. The van der Waals surface area contributed by atoms with Crippen molar-refractivity contribution in [2.75, 3.05) is 64.8 Å². The van der Waals surface area contributed by atoms with Gasteiger partial charge in [0.1, 0.15) is 11.4 Å². The third-order valence-electron chi connectivity index (χ3n) is 6.68. The summed E-state index contributed by atoms with van der Waals surface area (Å²) in [5.74, 6) is 1.63. The minimum atomic E-state index is -1.51. The Kier molecular flexibility index (Phi) is 9.11. The van der Waals surface area contributed by atoms with Gasteiger partial charge in [0.05, 0.1) is 35.0 Å². The van der Waals surface area contributed by atoms with Crippen LogP contribution in [0.5, 0.6) is 17.5 Å². The quantitative estimate of drug-likeness (QED) is 0.457. The summed E-state index contributed by atoms with van der Waals surface area (Å²) in [6.07, 6.45) is 2.16. The van der Waals surface area contributed by atoms with Crippen LogP contribution in [0.25, 0.3) is 0 Å². The van der Waals surface area contributed by atoms with Crippen LogP contribution in [0.1, 0.15) is 12.0 Å². The molecule has 0 aliphatic carbocycles. The Bertz CT molecular complexity index is 1280. The van der Waals surface area contributed by atoms with Crippen LogP contribution in [-0.2, 0) is 9.53 Å². The maximum absolute atomic E-state index is 13.2. The molecule has 0 spiro atoms. The first-order chi connectivity index (χ1) is 19.0. The van der Waals surface area contributed by atoms with Gasteiger partial charge in [-0.05, 0) is 38.7 Å². The van der Waals surface area contributed by atoms with E-state index in [1.165, 1.54) is 19.4 Å². The van der Waals surface area contributed by atoms with Crippen LogP contribution >= 0.6 is 0 Å². The summed E-state index contributed by atoms with van der Waals surface area (Å²) >= 11 is 0. The smallest absolute Gasteiger partial charge is 0.274 e. The number of carbonyl (C=O) groups excluding carboxylic acids is 1. The summed E-state index contributed by atoms with van der Waals surface area (Å²) in [4.78, 5) is 30.9. The summed E-state index contributed by atoms with van der Waals surface area (Å²) in [5, 5.41) is 4.12. The molecule has 1 atom stereocenters. The highest BCUT2D eigenvalue weighted by atomic mass is 28.3. The van der Waals surface area contributed by atoms with Crippen LogP contribution < -0.4 is 29.6 Å². The molecule has 1 aromatic heterocycles. The van der Waals surface area contributed by atoms with E-state index in [0.29, 0.717) is 38.0 Å². The lowest BCUT2D eigenvalue weighted by atomic mass is 10.2. The van der Waals surface area contributed by atoms with Crippen molar-refractivity contribution in [3.05, 3.63) is 35.5 Å². The number of amides is 1. The number of anilines is 2. The second-order valence-electron chi connectivity index (χ2n) is 11.2. The number of nitrogens with zero attached hydrogens (tertiary/aromatic N) is 5. The molecule has 2 aliphatic heterocycles. The van der Waals surface area contributed by atoms with E-state index >= 15 is 0 Å². The second-order valence-corrected chi connectivity index (χ2v) is 16.3. The van der Waals surface area contributed by atoms with Gasteiger partial charge in [-0.1, -0.05) is 37.0 Å². The van der Waals surface area contributed by atoms with Gasteiger partial charge in [-0.15, -0.1) is 0 Å². The summed E-state index contributed by atoms with van der Waals surface area (Å²) in [6.45, 7) is 11.5. The van der Waals surface area contributed by atoms with Crippen LogP contribution in [0.3, 0.4) is 0 Å². The van der Waals surface area contributed by atoms with E-state index in [9.17, 15) is 4.79 Å². The molecule has 1 unspecified atom stereocenters. The number of rotatable bonds is 9. The fourth-order valence-electron chi connectivity index (χ4n) is 4.47. The monoisotopic (exact) mass is 568 g/mol. The Balaban J connectivity index is 1.49. The van der Waals surface area contributed by atoms with Crippen LogP contribution in [0, 0.1) is 6.92 Å². The molecule has 1 aromatic carbocycles. The van der Waals surface area contributed by atoms with Gasteiger partial charge in [0.2, 0.25) is 17.7 Å². The average molecular weight is 569 g/mol. The van der Waals surface area contributed by atoms with E-state index in [0.717, 1.165) is 17.9 Å². The van der Waals surface area contributed by atoms with Crippen LogP contribution in [-0.4, -0.2) is 95.4 Å². The number of ether oxygens (including phenoxy) is 4. The molecular weight excluding hydrogens is 528 g/mol. The number of nitrogens with one attached hydrogen (secondary N) is 1. The zero-order valence-electron chi connectivity index (χ0n) is 24.7. The number of likely N-dealkylation sites (N-methyl/N-ethyl adjacent to an activating group) is 1. The first kappa shape index (κ1) is 29.5. The summed E-state index contributed by atoms with van der Waals surface area (Å²) in [5.41, 5.74) is 1.49.